The molecule has 5 nitrogen and oxygen atoms in total. The lowest BCUT2D eigenvalue weighted by molar-refractivity contribution is -0.132. The Labute approximate surface area is 153 Å². The highest BCUT2D eigenvalue weighted by Gasteiger charge is 2.18. The molecule has 0 spiro atoms. The van der Waals surface area contributed by atoms with E-state index in [1.54, 1.807) is 54.6 Å². The van der Waals surface area contributed by atoms with Crippen molar-refractivity contribution in [3.8, 4) is 5.75 Å². The SMILES string of the molecule is O=C(Nc1c(Cl)cccc1Cl)C(=O)Nc1cccc2c(O)cccc12. The van der Waals surface area contributed by atoms with Crippen LogP contribution in [0, 0.1) is 0 Å². The molecule has 0 radical (unpaired) electrons. The van der Waals surface area contributed by atoms with Crippen LogP contribution in [0.25, 0.3) is 10.8 Å². The van der Waals surface area contributed by atoms with Gasteiger partial charge in [-0.15, -0.1) is 0 Å². The van der Waals surface area contributed by atoms with Crippen LogP contribution in [-0.2, 0) is 9.59 Å². The summed E-state index contributed by atoms with van der Waals surface area (Å²) in [5.74, 6) is -1.71. The summed E-state index contributed by atoms with van der Waals surface area (Å²) in [6.45, 7) is 0. The third-order valence-electron chi connectivity index (χ3n) is 3.55. The lowest BCUT2D eigenvalue weighted by Gasteiger charge is -2.11. The molecule has 0 aliphatic rings. The number of hydrogen-bond acceptors (Lipinski definition) is 3. The van der Waals surface area contributed by atoms with Gasteiger partial charge < -0.3 is 15.7 Å². The molecular weight excluding hydrogens is 363 g/mol. The van der Waals surface area contributed by atoms with E-state index in [4.69, 9.17) is 23.2 Å². The molecule has 0 fully saturated rings. The fraction of sp³-hybridized carbons (Fsp3) is 0. The number of para-hydroxylation sites is 1. The number of hydrogen-bond donors (Lipinski definition) is 3. The highest BCUT2D eigenvalue weighted by atomic mass is 35.5. The first-order valence-corrected chi connectivity index (χ1v) is 8.00. The minimum absolute atomic E-state index is 0.0842. The largest absolute Gasteiger partial charge is 0.507 e. The van der Waals surface area contributed by atoms with Gasteiger partial charge in [0.2, 0.25) is 0 Å². The molecule has 0 saturated heterocycles. The minimum atomic E-state index is -0.910. The van der Waals surface area contributed by atoms with E-state index in [1.807, 2.05) is 0 Å². The lowest BCUT2D eigenvalue weighted by Crippen LogP contribution is -2.29. The minimum Gasteiger partial charge on any atom is -0.507 e. The van der Waals surface area contributed by atoms with Crippen molar-refractivity contribution < 1.29 is 14.7 Å². The molecule has 0 aliphatic carbocycles. The van der Waals surface area contributed by atoms with Crippen LogP contribution in [0.15, 0.2) is 54.6 Å². The van der Waals surface area contributed by atoms with Crippen LogP contribution in [0.4, 0.5) is 11.4 Å². The highest BCUT2D eigenvalue weighted by Crippen LogP contribution is 2.31. The molecule has 0 aliphatic heterocycles. The average molecular weight is 375 g/mol. The van der Waals surface area contributed by atoms with E-state index >= 15 is 0 Å². The Morgan fingerprint density at radius 1 is 0.760 bits per heavy atom. The number of nitrogens with one attached hydrogen (secondary N) is 2. The monoisotopic (exact) mass is 374 g/mol. The second-order valence-corrected chi connectivity index (χ2v) is 6.00. The van der Waals surface area contributed by atoms with E-state index in [9.17, 15) is 14.7 Å². The van der Waals surface area contributed by atoms with Gasteiger partial charge in [-0.1, -0.05) is 53.5 Å². The molecule has 3 aromatic carbocycles. The number of carbonyl (C=O) groups is 2. The second-order valence-electron chi connectivity index (χ2n) is 5.18. The Balaban J connectivity index is 1.83. The number of amides is 2. The van der Waals surface area contributed by atoms with Crippen LogP contribution >= 0.6 is 23.2 Å². The fourth-order valence-corrected chi connectivity index (χ4v) is 2.86. The second kappa shape index (κ2) is 7.01. The van der Waals surface area contributed by atoms with Gasteiger partial charge in [0.25, 0.3) is 0 Å². The third kappa shape index (κ3) is 3.52. The van der Waals surface area contributed by atoms with E-state index in [0.29, 0.717) is 16.5 Å². The molecule has 0 heterocycles. The maximum Gasteiger partial charge on any atom is 0.314 e. The molecule has 7 heteroatoms. The van der Waals surface area contributed by atoms with Crippen molar-refractivity contribution in [3.63, 3.8) is 0 Å². The smallest absolute Gasteiger partial charge is 0.314 e. The standard InChI is InChI=1S/C18H12Cl2N2O3/c19-12-6-3-7-13(20)16(12)22-18(25)17(24)21-14-8-1-5-11-10(14)4-2-9-15(11)23/h1-9,23H,(H,21,24)(H,22,25). The van der Waals surface area contributed by atoms with Crippen molar-refractivity contribution in [2.75, 3.05) is 10.6 Å². The van der Waals surface area contributed by atoms with Gasteiger partial charge in [-0.25, -0.2) is 0 Å². The maximum absolute atomic E-state index is 12.2. The summed E-state index contributed by atoms with van der Waals surface area (Å²) >= 11 is 12.0. The number of anilines is 2. The van der Waals surface area contributed by atoms with E-state index in [-0.39, 0.29) is 21.5 Å². The predicted molar refractivity (Wildman–Crippen MR) is 99.3 cm³/mol. The number of carbonyl (C=O) groups excluding carboxylic acids is 2. The Morgan fingerprint density at radius 2 is 1.32 bits per heavy atom. The molecule has 2 amide bonds. The van der Waals surface area contributed by atoms with E-state index in [1.165, 1.54) is 0 Å². The van der Waals surface area contributed by atoms with Gasteiger partial charge in [0.15, 0.2) is 0 Å². The molecular formula is C18H12Cl2N2O3. The first-order valence-electron chi connectivity index (χ1n) is 7.24. The Kier molecular flexibility index (Phi) is 4.79. The quantitative estimate of drug-likeness (QED) is 0.580. The topological polar surface area (TPSA) is 78.4 Å². The Morgan fingerprint density at radius 3 is 2.04 bits per heavy atom. The normalized spacial score (nSPS) is 10.5. The van der Waals surface area contributed by atoms with Crippen molar-refractivity contribution in [1.82, 2.24) is 0 Å². The van der Waals surface area contributed by atoms with Crippen LogP contribution in [0.5, 0.6) is 5.75 Å². The zero-order chi connectivity index (χ0) is 18.0. The fourth-order valence-electron chi connectivity index (χ4n) is 2.37. The number of phenolic OH excluding ortho intramolecular Hbond substituents is 1. The van der Waals surface area contributed by atoms with Crippen LogP contribution in [-0.4, -0.2) is 16.9 Å². The number of fused-ring (bicyclic) bond motifs is 1. The molecule has 0 saturated carbocycles. The first-order chi connectivity index (χ1) is 12.0. The number of rotatable bonds is 2. The van der Waals surface area contributed by atoms with Gasteiger partial charge in [0.05, 0.1) is 15.7 Å². The van der Waals surface area contributed by atoms with Crippen molar-refractivity contribution in [1.29, 1.82) is 0 Å². The van der Waals surface area contributed by atoms with Gasteiger partial charge >= 0.3 is 11.8 Å². The lowest BCUT2D eigenvalue weighted by atomic mass is 10.1. The van der Waals surface area contributed by atoms with Crippen LogP contribution in [0.1, 0.15) is 0 Å². The van der Waals surface area contributed by atoms with Crippen LogP contribution < -0.4 is 10.6 Å². The van der Waals surface area contributed by atoms with Crippen molar-refractivity contribution in [2.24, 2.45) is 0 Å². The number of phenols is 1. The predicted octanol–water partition coefficient (Wildman–Crippen LogP) is 4.43. The molecule has 3 N–H and O–H groups in total. The van der Waals surface area contributed by atoms with Gasteiger partial charge in [0.1, 0.15) is 5.75 Å². The Bertz CT molecular complexity index is 969. The molecule has 25 heavy (non-hydrogen) atoms. The zero-order valence-electron chi connectivity index (χ0n) is 12.7. The molecule has 0 atom stereocenters. The zero-order valence-corrected chi connectivity index (χ0v) is 14.2. The third-order valence-corrected chi connectivity index (χ3v) is 4.18. The molecule has 3 aromatic rings. The summed E-state index contributed by atoms with van der Waals surface area (Å²) in [6.07, 6.45) is 0. The van der Waals surface area contributed by atoms with Gasteiger partial charge in [-0.05, 0) is 24.3 Å². The van der Waals surface area contributed by atoms with E-state index < -0.39 is 11.8 Å². The van der Waals surface area contributed by atoms with Crippen molar-refractivity contribution in [2.45, 2.75) is 0 Å². The summed E-state index contributed by atoms with van der Waals surface area (Å²) < 4.78 is 0. The van der Waals surface area contributed by atoms with Crippen LogP contribution in [0.3, 0.4) is 0 Å². The summed E-state index contributed by atoms with van der Waals surface area (Å²) in [6, 6.07) is 14.7. The average Bonchev–Trinajstić information content (AvgIpc) is 2.59. The number of aromatic hydroxyl groups is 1. The first kappa shape index (κ1) is 17.1. The molecule has 0 bridgehead atoms. The van der Waals surface area contributed by atoms with Gasteiger partial charge in [-0.3, -0.25) is 9.59 Å². The Hall–Kier alpha value is -2.76. The summed E-state index contributed by atoms with van der Waals surface area (Å²) in [5, 5.41) is 16.4. The highest BCUT2D eigenvalue weighted by molar-refractivity contribution is 6.47. The summed E-state index contributed by atoms with van der Waals surface area (Å²) in [4.78, 5) is 24.3. The maximum atomic E-state index is 12.2. The van der Waals surface area contributed by atoms with Gasteiger partial charge in [0, 0.05) is 16.5 Å². The summed E-state index contributed by atoms with van der Waals surface area (Å²) in [7, 11) is 0. The van der Waals surface area contributed by atoms with Crippen molar-refractivity contribution >= 4 is 57.2 Å². The molecule has 0 unspecified atom stereocenters. The summed E-state index contributed by atoms with van der Waals surface area (Å²) in [5.41, 5.74) is 0.570. The molecule has 126 valence electrons. The van der Waals surface area contributed by atoms with E-state index in [2.05, 4.69) is 10.6 Å². The number of halogens is 2. The number of benzene rings is 3. The molecule has 3 rings (SSSR count). The van der Waals surface area contributed by atoms with Crippen molar-refractivity contribution in [3.05, 3.63) is 64.6 Å². The molecule has 0 aromatic heterocycles. The van der Waals surface area contributed by atoms with Gasteiger partial charge in [-0.2, -0.15) is 0 Å². The van der Waals surface area contributed by atoms with E-state index in [0.717, 1.165) is 0 Å². The van der Waals surface area contributed by atoms with Crippen LogP contribution in [0.2, 0.25) is 10.0 Å².